The maximum absolute atomic E-state index is 15.0. The fraction of sp³-hybridized carbons (Fsp3) is 0.240. The Morgan fingerprint density at radius 2 is 1.83 bits per heavy atom. The van der Waals surface area contributed by atoms with E-state index >= 15 is 4.39 Å². The third kappa shape index (κ3) is 3.59. The average molecular weight is 498 g/mol. The number of amides is 1. The minimum atomic E-state index is -1.21. The van der Waals surface area contributed by atoms with Crippen LogP contribution in [-0.2, 0) is 10.5 Å². The number of halogens is 2. The topological polar surface area (TPSA) is 82.8 Å². The Morgan fingerprint density at radius 3 is 2.57 bits per heavy atom. The van der Waals surface area contributed by atoms with Crippen LogP contribution in [0.3, 0.4) is 0 Å². The van der Waals surface area contributed by atoms with Gasteiger partial charge in [0.1, 0.15) is 5.92 Å². The van der Waals surface area contributed by atoms with Gasteiger partial charge in [0.2, 0.25) is 11.3 Å². The fourth-order valence-electron chi connectivity index (χ4n) is 4.70. The lowest BCUT2D eigenvalue weighted by atomic mass is 9.90. The lowest BCUT2D eigenvalue weighted by Crippen LogP contribution is -2.54. The smallest absolute Gasteiger partial charge is 0.234 e. The van der Waals surface area contributed by atoms with Crippen LogP contribution >= 0.6 is 11.8 Å². The van der Waals surface area contributed by atoms with Crippen molar-refractivity contribution in [3.8, 4) is 5.75 Å². The molecule has 0 spiro atoms. The van der Waals surface area contributed by atoms with Gasteiger partial charge in [-0.1, -0.05) is 24.3 Å². The largest absolute Gasteiger partial charge is 0.503 e. The Labute approximate surface area is 203 Å². The summed E-state index contributed by atoms with van der Waals surface area (Å²) in [5, 5.41) is 12.2. The van der Waals surface area contributed by atoms with Crippen molar-refractivity contribution in [1.29, 1.82) is 0 Å². The molecule has 3 aromatic rings. The first-order valence-corrected chi connectivity index (χ1v) is 11.8. The summed E-state index contributed by atoms with van der Waals surface area (Å²) in [5.41, 5.74) is 0.332. The van der Waals surface area contributed by atoms with Gasteiger partial charge in [-0.05, 0) is 23.3 Å². The molecule has 35 heavy (non-hydrogen) atoms. The molecule has 0 radical (unpaired) electrons. The summed E-state index contributed by atoms with van der Waals surface area (Å²) < 4.78 is 30.6. The first kappa shape index (κ1) is 23.1. The van der Waals surface area contributed by atoms with Crippen LogP contribution in [0, 0.1) is 17.6 Å². The first-order chi connectivity index (χ1) is 16.7. The van der Waals surface area contributed by atoms with Crippen molar-refractivity contribution in [3.05, 3.63) is 92.9 Å². The van der Waals surface area contributed by atoms with Gasteiger partial charge >= 0.3 is 0 Å². The fourth-order valence-corrected chi connectivity index (χ4v) is 5.82. The summed E-state index contributed by atoms with van der Waals surface area (Å²) in [6.45, 7) is -0.104. The third-order valence-electron chi connectivity index (χ3n) is 6.40. The van der Waals surface area contributed by atoms with Crippen molar-refractivity contribution >= 4 is 23.5 Å². The summed E-state index contributed by atoms with van der Waals surface area (Å²) >= 11 is 1.36. The lowest BCUT2D eigenvalue weighted by molar-refractivity contribution is -0.131. The molecule has 0 fully saturated rings. The number of carbonyl (C=O) groups is 2. The predicted molar refractivity (Wildman–Crippen MR) is 126 cm³/mol. The van der Waals surface area contributed by atoms with Gasteiger partial charge in [-0.2, -0.15) is 0 Å². The van der Waals surface area contributed by atoms with Crippen LogP contribution in [0.15, 0.2) is 58.4 Å². The van der Waals surface area contributed by atoms with Gasteiger partial charge in [0.05, 0.1) is 12.6 Å². The van der Waals surface area contributed by atoms with Crippen LogP contribution in [0.25, 0.3) is 0 Å². The Hall–Kier alpha value is -3.66. The van der Waals surface area contributed by atoms with Gasteiger partial charge in [-0.15, -0.1) is 11.8 Å². The molecule has 180 valence electrons. The number of carbonyl (C=O) groups excluding carboxylic acids is 2. The number of fused-ring (bicyclic) bond motifs is 3. The molecule has 1 N–H and O–H groups in total. The molecule has 0 aliphatic carbocycles. The second-order valence-electron chi connectivity index (χ2n) is 8.65. The highest BCUT2D eigenvalue weighted by atomic mass is 32.2. The number of Topliss-reactive ketones (excluding diaryl/α,β-unsaturated/α-hetero) is 1. The number of hydrogen-bond acceptors (Lipinski definition) is 6. The summed E-state index contributed by atoms with van der Waals surface area (Å²) in [7, 11) is 3.02. The quantitative estimate of drug-likeness (QED) is 0.548. The maximum Gasteiger partial charge on any atom is 0.234 e. The van der Waals surface area contributed by atoms with E-state index in [4.69, 9.17) is 0 Å². The second kappa shape index (κ2) is 8.53. The Kier molecular flexibility index (Phi) is 5.63. The van der Waals surface area contributed by atoms with E-state index in [1.54, 1.807) is 5.01 Å². The van der Waals surface area contributed by atoms with E-state index in [0.29, 0.717) is 5.56 Å². The molecule has 5 rings (SSSR count). The molecule has 2 aliphatic heterocycles. The van der Waals surface area contributed by atoms with Crippen LogP contribution < -0.4 is 10.4 Å². The average Bonchev–Trinajstić information content (AvgIpc) is 3.00. The number of hydrogen-bond donors (Lipinski definition) is 1. The molecule has 1 aromatic heterocycles. The molecule has 0 bridgehead atoms. The highest BCUT2D eigenvalue weighted by Gasteiger charge is 2.43. The van der Waals surface area contributed by atoms with Gasteiger partial charge < -0.3 is 10.0 Å². The van der Waals surface area contributed by atoms with E-state index in [0.717, 1.165) is 22.6 Å². The van der Waals surface area contributed by atoms with E-state index in [1.807, 2.05) is 24.3 Å². The molecule has 2 atom stereocenters. The van der Waals surface area contributed by atoms with Crippen molar-refractivity contribution in [2.24, 2.45) is 5.92 Å². The normalized spacial score (nSPS) is 18.9. The highest BCUT2D eigenvalue weighted by Crippen LogP contribution is 2.44. The van der Waals surface area contributed by atoms with E-state index in [2.05, 4.69) is 0 Å². The Morgan fingerprint density at radius 1 is 1.09 bits per heavy atom. The number of benzene rings is 2. The molecule has 2 aromatic carbocycles. The monoisotopic (exact) mass is 497 g/mol. The molecule has 7 nitrogen and oxygen atoms in total. The lowest BCUT2D eigenvalue weighted by Gasteiger charge is -2.42. The number of nitrogens with zero attached hydrogens (tertiary/aromatic N) is 3. The zero-order chi connectivity index (χ0) is 25.0. The molecule has 0 saturated carbocycles. The van der Waals surface area contributed by atoms with E-state index < -0.39 is 46.5 Å². The van der Waals surface area contributed by atoms with Gasteiger partial charge in [-0.3, -0.25) is 24.1 Å². The van der Waals surface area contributed by atoms with Crippen LogP contribution in [0.4, 0.5) is 8.78 Å². The molecule has 2 unspecified atom stereocenters. The Balaban J connectivity index is 1.81. The minimum Gasteiger partial charge on any atom is -0.503 e. The van der Waals surface area contributed by atoms with E-state index in [-0.39, 0.29) is 23.6 Å². The third-order valence-corrected chi connectivity index (χ3v) is 7.52. The van der Waals surface area contributed by atoms with E-state index in [9.17, 15) is 23.9 Å². The number of ketones is 1. The van der Waals surface area contributed by atoms with Gasteiger partial charge in [0, 0.05) is 42.6 Å². The summed E-state index contributed by atoms with van der Waals surface area (Å²) in [6, 6.07) is 10.3. The number of aromatic nitrogens is 1. The van der Waals surface area contributed by atoms with Crippen molar-refractivity contribution < 1.29 is 23.5 Å². The predicted octanol–water partition coefficient (Wildman–Crippen LogP) is 3.07. The summed E-state index contributed by atoms with van der Waals surface area (Å²) in [6.07, 6.45) is 1.35. The molecule has 3 heterocycles. The SMILES string of the molecule is CN(C)C(=O)C1CN(C2c3ccccc3SCc3c2ccc(F)c3F)n2ccc(=O)c(O)c2C1=O. The van der Waals surface area contributed by atoms with Crippen molar-refractivity contribution in [2.75, 3.05) is 25.6 Å². The summed E-state index contributed by atoms with van der Waals surface area (Å²) in [4.78, 5) is 40.6. The molecule has 1 amide bonds. The molecule has 0 saturated heterocycles. The molecule has 2 aliphatic rings. The van der Waals surface area contributed by atoms with Crippen molar-refractivity contribution in [2.45, 2.75) is 16.7 Å². The van der Waals surface area contributed by atoms with Gasteiger partial charge in [-0.25, -0.2) is 8.78 Å². The number of aromatic hydroxyl groups is 1. The van der Waals surface area contributed by atoms with E-state index in [1.165, 1.54) is 47.7 Å². The Bertz CT molecular complexity index is 1440. The van der Waals surface area contributed by atoms with Crippen molar-refractivity contribution in [1.82, 2.24) is 9.58 Å². The van der Waals surface area contributed by atoms with Crippen molar-refractivity contribution in [3.63, 3.8) is 0 Å². The number of rotatable bonds is 2. The molecular formula is C25H21F2N3O4S. The van der Waals surface area contributed by atoms with Gasteiger partial charge in [0.25, 0.3) is 0 Å². The zero-order valence-corrected chi connectivity index (χ0v) is 19.7. The highest BCUT2D eigenvalue weighted by molar-refractivity contribution is 7.98. The first-order valence-electron chi connectivity index (χ1n) is 10.9. The number of pyridine rings is 1. The minimum absolute atomic E-state index is 0.104. The van der Waals surface area contributed by atoms with Crippen LogP contribution in [0.2, 0.25) is 0 Å². The van der Waals surface area contributed by atoms with Gasteiger partial charge in [0.15, 0.2) is 28.9 Å². The number of thioether (sulfide) groups is 1. The zero-order valence-electron chi connectivity index (χ0n) is 18.9. The van der Waals surface area contributed by atoms with Crippen LogP contribution in [-0.4, -0.2) is 47.0 Å². The maximum atomic E-state index is 15.0. The van der Waals surface area contributed by atoms with Crippen LogP contribution in [0.1, 0.15) is 33.2 Å². The molecule has 10 heteroatoms. The second-order valence-corrected chi connectivity index (χ2v) is 9.67. The standard InChI is InChI=1S/C25H21F2N3O4S/c1-28(2)25(34)15-11-30(29-10-9-18(31)24(33)22(29)23(15)32)21-13-7-8-17(26)20(27)16(13)12-35-19-6-4-3-5-14(19)21/h3-10,15,21,33H,11-12H2,1-2H3. The summed E-state index contributed by atoms with van der Waals surface area (Å²) in [5.74, 6) is -4.90. The van der Waals surface area contributed by atoms with Crippen LogP contribution in [0.5, 0.6) is 5.75 Å². The molecular weight excluding hydrogens is 476 g/mol.